The zero-order valence-electron chi connectivity index (χ0n) is 12.5. The minimum atomic E-state index is -0.759. The molecule has 1 aliphatic heterocycles. The normalized spacial score (nSPS) is 15.6. The van der Waals surface area contributed by atoms with Crippen LogP contribution in [-0.2, 0) is 6.54 Å². The van der Waals surface area contributed by atoms with E-state index in [0.29, 0.717) is 13.1 Å². The molecule has 8 nitrogen and oxygen atoms in total. The smallest absolute Gasteiger partial charge is 0.335 e. The Balaban J connectivity index is 1.61. The van der Waals surface area contributed by atoms with E-state index >= 15 is 0 Å². The molecule has 1 aliphatic rings. The highest BCUT2D eigenvalue weighted by Crippen LogP contribution is 2.09. The second-order valence-electron chi connectivity index (χ2n) is 5.41. The Morgan fingerprint density at radius 1 is 1.09 bits per heavy atom. The van der Waals surface area contributed by atoms with Crippen LogP contribution in [0.1, 0.15) is 16.1 Å². The summed E-state index contributed by atoms with van der Waals surface area (Å²) in [5, 5.41) is 5.64. The molecule has 0 bridgehead atoms. The van der Waals surface area contributed by atoms with Gasteiger partial charge >= 0.3 is 5.69 Å². The zero-order valence-corrected chi connectivity index (χ0v) is 12.5. The van der Waals surface area contributed by atoms with E-state index in [1.54, 1.807) is 4.90 Å². The Kier molecular flexibility index (Phi) is 4.33. The number of hydrogen-bond donors (Lipinski definition) is 2. The number of amides is 1. The highest BCUT2D eigenvalue weighted by molar-refractivity contribution is 5.91. The van der Waals surface area contributed by atoms with Crippen molar-refractivity contribution in [1.82, 2.24) is 25.0 Å². The molecule has 1 fully saturated rings. The van der Waals surface area contributed by atoms with Crippen LogP contribution in [0.4, 0.5) is 0 Å². The number of nitrogens with one attached hydrogen (secondary N) is 2. The van der Waals surface area contributed by atoms with Crippen molar-refractivity contribution in [3.63, 3.8) is 0 Å². The van der Waals surface area contributed by atoms with E-state index < -0.39 is 17.2 Å². The van der Waals surface area contributed by atoms with Crippen LogP contribution >= 0.6 is 0 Å². The lowest BCUT2D eigenvalue weighted by atomic mass is 10.2. The van der Waals surface area contributed by atoms with Gasteiger partial charge in [0.1, 0.15) is 0 Å². The maximum atomic E-state index is 12.3. The molecule has 8 heteroatoms. The van der Waals surface area contributed by atoms with E-state index in [1.807, 2.05) is 23.2 Å². The Hall–Kier alpha value is -2.74. The number of rotatable bonds is 3. The van der Waals surface area contributed by atoms with Crippen molar-refractivity contribution in [2.24, 2.45) is 0 Å². The summed E-state index contributed by atoms with van der Waals surface area (Å²) >= 11 is 0. The quantitative estimate of drug-likeness (QED) is 0.789. The molecule has 3 rings (SSSR count). The number of nitrogens with zero attached hydrogens (tertiary/aromatic N) is 3. The van der Waals surface area contributed by atoms with Crippen molar-refractivity contribution in [2.45, 2.75) is 6.54 Å². The number of carbonyl (C=O) groups is 1. The minimum Gasteiger partial charge on any atom is -0.335 e. The fourth-order valence-corrected chi connectivity index (χ4v) is 2.59. The average Bonchev–Trinajstić information content (AvgIpc) is 2.56. The third-order valence-electron chi connectivity index (χ3n) is 3.82. The Morgan fingerprint density at radius 3 is 2.43 bits per heavy atom. The monoisotopic (exact) mass is 315 g/mol. The molecule has 2 aromatic rings. The molecule has 120 valence electrons. The fourth-order valence-electron chi connectivity index (χ4n) is 2.59. The number of benzene rings is 1. The van der Waals surface area contributed by atoms with Gasteiger partial charge in [0, 0.05) is 32.7 Å². The van der Waals surface area contributed by atoms with Crippen LogP contribution in [0.3, 0.4) is 0 Å². The molecule has 23 heavy (non-hydrogen) atoms. The van der Waals surface area contributed by atoms with Crippen LogP contribution in [0.15, 0.2) is 39.9 Å². The van der Waals surface area contributed by atoms with Gasteiger partial charge in [0.25, 0.3) is 11.5 Å². The molecule has 0 unspecified atom stereocenters. The summed E-state index contributed by atoms with van der Waals surface area (Å²) in [4.78, 5) is 40.7. The van der Waals surface area contributed by atoms with Crippen molar-refractivity contribution >= 4 is 5.91 Å². The van der Waals surface area contributed by atoms with Crippen LogP contribution in [0.25, 0.3) is 0 Å². The van der Waals surface area contributed by atoms with Crippen LogP contribution in [0, 0.1) is 0 Å². The molecule has 2 heterocycles. The summed E-state index contributed by atoms with van der Waals surface area (Å²) in [5.74, 6) is -0.457. The summed E-state index contributed by atoms with van der Waals surface area (Å²) in [5.41, 5.74) is -0.531. The lowest BCUT2D eigenvalue weighted by molar-refractivity contribution is 0.0619. The molecule has 0 saturated carbocycles. The van der Waals surface area contributed by atoms with Gasteiger partial charge in [0.05, 0.1) is 0 Å². The summed E-state index contributed by atoms with van der Waals surface area (Å²) in [6, 6.07) is 10.1. The van der Waals surface area contributed by atoms with Gasteiger partial charge in [-0.05, 0) is 5.56 Å². The van der Waals surface area contributed by atoms with Crippen LogP contribution in [-0.4, -0.2) is 57.1 Å². The topological polar surface area (TPSA) is 102 Å². The van der Waals surface area contributed by atoms with Gasteiger partial charge in [0.2, 0.25) is 5.69 Å². The molecule has 0 aliphatic carbocycles. The van der Waals surface area contributed by atoms with E-state index in [9.17, 15) is 14.4 Å². The van der Waals surface area contributed by atoms with Crippen LogP contribution in [0.5, 0.6) is 0 Å². The maximum Gasteiger partial charge on any atom is 0.342 e. The van der Waals surface area contributed by atoms with Crippen molar-refractivity contribution < 1.29 is 4.79 Å². The van der Waals surface area contributed by atoms with E-state index in [-0.39, 0.29) is 5.69 Å². The number of H-pyrrole nitrogens is 2. The minimum absolute atomic E-state index is 0.277. The predicted molar refractivity (Wildman–Crippen MR) is 83.1 cm³/mol. The Morgan fingerprint density at radius 2 is 1.78 bits per heavy atom. The lowest BCUT2D eigenvalue weighted by Crippen LogP contribution is -2.49. The van der Waals surface area contributed by atoms with E-state index in [0.717, 1.165) is 19.6 Å². The van der Waals surface area contributed by atoms with Crippen molar-refractivity contribution in [1.29, 1.82) is 0 Å². The molecule has 1 amide bonds. The molecule has 2 N–H and O–H groups in total. The van der Waals surface area contributed by atoms with E-state index in [2.05, 4.69) is 27.2 Å². The molecular weight excluding hydrogens is 298 g/mol. The molecule has 1 aromatic heterocycles. The van der Waals surface area contributed by atoms with Crippen molar-refractivity contribution in [3.05, 3.63) is 62.4 Å². The van der Waals surface area contributed by atoms with Gasteiger partial charge in [-0.2, -0.15) is 5.10 Å². The largest absolute Gasteiger partial charge is 0.342 e. The van der Waals surface area contributed by atoms with Gasteiger partial charge in [-0.25, -0.2) is 9.89 Å². The number of carbonyl (C=O) groups excluding carboxylic acids is 1. The first-order chi connectivity index (χ1) is 11.1. The second kappa shape index (κ2) is 6.57. The number of piperazine rings is 1. The molecule has 0 atom stereocenters. The first kappa shape index (κ1) is 15.2. The lowest BCUT2D eigenvalue weighted by Gasteiger charge is -2.34. The second-order valence-corrected chi connectivity index (χ2v) is 5.41. The van der Waals surface area contributed by atoms with Gasteiger partial charge in [0.15, 0.2) is 0 Å². The standard InChI is InChI=1S/C15H17N5O3/c21-13-12(17-18-15(23)16-13)14(22)20-8-6-19(7-9-20)10-11-4-2-1-3-5-11/h1-5H,6-10H2,(H2,16,18,21,23). The van der Waals surface area contributed by atoms with Crippen molar-refractivity contribution in [3.8, 4) is 0 Å². The molecule has 1 saturated heterocycles. The van der Waals surface area contributed by atoms with E-state index in [1.165, 1.54) is 5.56 Å². The van der Waals surface area contributed by atoms with Gasteiger partial charge in [-0.15, -0.1) is 0 Å². The Bertz CT molecular complexity index is 791. The predicted octanol–water partition coefficient (Wildman–Crippen LogP) is -0.584. The summed E-state index contributed by atoms with van der Waals surface area (Å²) in [6.07, 6.45) is 0. The van der Waals surface area contributed by atoms with Crippen LogP contribution in [0.2, 0.25) is 0 Å². The fraction of sp³-hybridized carbons (Fsp3) is 0.333. The van der Waals surface area contributed by atoms with E-state index in [4.69, 9.17) is 0 Å². The highest BCUT2D eigenvalue weighted by atomic mass is 16.2. The first-order valence-corrected chi connectivity index (χ1v) is 7.38. The summed E-state index contributed by atoms with van der Waals surface area (Å²) < 4.78 is 0. The van der Waals surface area contributed by atoms with Crippen molar-refractivity contribution in [2.75, 3.05) is 26.2 Å². The first-order valence-electron chi connectivity index (χ1n) is 7.38. The van der Waals surface area contributed by atoms with Gasteiger partial charge in [-0.1, -0.05) is 30.3 Å². The SMILES string of the molecule is O=C(c1n[nH]c(=O)[nH]c1=O)N1CCN(Cc2ccccc2)CC1. The molecule has 0 spiro atoms. The molecular formula is C15H17N5O3. The number of aromatic amines is 2. The number of aromatic nitrogens is 3. The average molecular weight is 315 g/mol. The molecule has 0 radical (unpaired) electrons. The third-order valence-corrected chi connectivity index (χ3v) is 3.82. The molecule has 1 aromatic carbocycles. The van der Waals surface area contributed by atoms with Crippen LogP contribution < -0.4 is 11.2 Å². The zero-order chi connectivity index (χ0) is 16.2. The van der Waals surface area contributed by atoms with Gasteiger partial charge in [-0.3, -0.25) is 19.5 Å². The highest BCUT2D eigenvalue weighted by Gasteiger charge is 2.25. The maximum absolute atomic E-state index is 12.3. The summed E-state index contributed by atoms with van der Waals surface area (Å²) in [6.45, 7) is 3.32. The Labute approximate surface area is 131 Å². The van der Waals surface area contributed by atoms with Gasteiger partial charge < -0.3 is 4.90 Å². The summed E-state index contributed by atoms with van der Waals surface area (Å²) in [7, 11) is 0. The third kappa shape index (κ3) is 3.54. The number of hydrogen-bond acceptors (Lipinski definition) is 5.